The van der Waals surface area contributed by atoms with E-state index in [2.05, 4.69) is 10.3 Å². The molecule has 0 aliphatic carbocycles. The van der Waals surface area contributed by atoms with E-state index < -0.39 is 11.5 Å². The minimum Gasteiger partial charge on any atom is -0.486 e. The van der Waals surface area contributed by atoms with Crippen molar-refractivity contribution in [3.8, 4) is 22.8 Å². The number of carbonyl (C=O) groups is 1. The second-order valence-electron chi connectivity index (χ2n) is 5.25. The van der Waals surface area contributed by atoms with Gasteiger partial charge in [-0.1, -0.05) is 5.21 Å². The lowest BCUT2D eigenvalue weighted by atomic mass is 10.0. The predicted molar refractivity (Wildman–Crippen MR) is 73.4 cm³/mol. The highest BCUT2D eigenvalue weighted by atomic mass is 16.6. The van der Waals surface area contributed by atoms with E-state index in [0.29, 0.717) is 30.4 Å². The Bertz CT molecular complexity index is 693. The average Bonchev–Trinajstić information content (AvgIpc) is 2.96. The normalized spacial score (nSPS) is 14.0. The van der Waals surface area contributed by atoms with E-state index in [1.165, 1.54) is 10.9 Å². The molecule has 110 valence electrons. The standard InChI is InChI=1S/C14H15N3O4/c1-14(2,13(18)19)17-10(8-15-16-17)9-3-4-11-12(7-9)21-6-5-20-11/h3-4,7-8H,5-6H2,1-2H3,(H,18,19). The van der Waals surface area contributed by atoms with E-state index in [9.17, 15) is 9.90 Å². The van der Waals surface area contributed by atoms with E-state index in [-0.39, 0.29) is 0 Å². The molecule has 7 nitrogen and oxygen atoms in total. The number of aliphatic carboxylic acids is 1. The number of carboxylic acid groups (broad SMARTS) is 1. The summed E-state index contributed by atoms with van der Waals surface area (Å²) in [6, 6.07) is 5.44. The molecule has 0 radical (unpaired) electrons. The fraction of sp³-hybridized carbons (Fsp3) is 0.357. The highest BCUT2D eigenvalue weighted by Crippen LogP contribution is 2.35. The van der Waals surface area contributed by atoms with Gasteiger partial charge < -0.3 is 14.6 Å². The van der Waals surface area contributed by atoms with Gasteiger partial charge in [0.05, 0.1) is 11.9 Å². The molecule has 21 heavy (non-hydrogen) atoms. The van der Waals surface area contributed by atoms with Gasteiger partial charge in [0, 0.05) is 5.56 Å². The van der Waals surface area contributed by atoms with Crippen LogP contribution in [0.1, 0.15) is 13.8 Å². The summed E-state index contributed by atoms with van der Waals surface area (Å²) < 4.78 is 12.4. The van der Waals surface area contributed by atoms with Gasteiger partial charge in [-0.25, -0.2) is 9.48 Å². The van der Waals surface area contributed by atoms with Crippen molar-refractivity contribution in [1.29, 1.82) is 0 Å². The molecule has 0 atom stereocenters. The van der Waals surface area contributed by atoms with E-state index in [1.807, 2.05) is 12.1 Å². The molecule has 1 aliphatic rings. The van der Waals surface area contributed by atoms with Crippen molar-refractivity contribution in [2.24, 2.45) is 0 Å². The van der Waals surface area contributed by atoms with Crippen molar-refractivity contribution >= 4 is 5.97 Å². The van der Waals surface area contributed by atoms with Crippen molar-refractivity contribution in [3.05, 3.63) is 24.4 Å². The van der Waals surface area contributed by atoms with Gasteiger partial charge in [0.25, 0.3) is 0 Å². The number of ether oxygens (including phenoxy) is 2. The van der Waals surface area contributed by atoms with E-state index in [4.69, 9.17) is 9.47 Å². The largest absolute Gasteiger partial charge is 0.486 e. The van der Waals surface area contributed by atoms with Gasteiger partial charge in [-0.15, -0.1) is 5.10 Å². The molecule has 0 saturated carbocycles. The third kappa shape index (κ3) is 2.20. The zero-order chi connectivity index (χ0) is 15.0. The van der Waals surface area contributed by atoms with Crippen LogP contribution in [0.25, 0.3) is 11.3 Å². The maximum absolute atomic E-state index is 11.4. The summed E-state index contributed by atoms with van der Waals surface area (Å²) in [5, 5.41) is 17.1. The number of carboxylic acids is 1. The summed E-state index contributed by atoms with van der Waals surface area (Å²) in [5.41, 5.74) is 0.192. The highest BCUT2D eigenvalue weighted by Gasteiger charge is 2.33. The second-order valence-corrected chi connectivity index (χ2v) is 5.25. The minimum atomic E-state index is -1.20. The lowest BCUT2D eigenvalue weighted by Gasteiger charge is -2.22. The molecule has 0 amide bonds. The van der Waals surface area contributed by atoms with Crippen LogP contribution < -0.4 is 9.47 Å². The number of fused-ring (bicyclic) bond motifs is 1. The number of benzene rings is 1. The molecule has 7 heteroatoms. The Labute approximate surface area is 121 Å². The Hall–Kier alpha value is -2.57. The Balaban J connectivity index is 2.06. The van der Waals surface area contributed by atoms with Crippen molar-refractivity contribution in [1.82, 2.24) is 15.0 Å². The number of hydrogen-bond donors (Lipinski definition) is 1. The van der Waals surface area contributed by atoms with Crippen LogP contribution in [0.15, 0.2) is 24.4 Å². The fourth-order valence-electron chi connectivity index (χ4n) is 2.14. The summed E-state index contributed by atoms with van der Waals surface area (Å²) in [6.07, 6.45) is 1.54. The third-order valence-electron chi connectivity index (χ3n) is 3.44. The molecule has 1 aromatic heterocycles. The van der Waals surface area contributed by atoms with Crippen LogP contribution in [0.4, 0.5) is 0 Å². The number of aromatic nitrogens is 3. The summed E-state index contributed by atoms with van der Waals surface area (Å²) in [5.74, 6) is 0.341. The first-order chi connectivity index (χ1) is 10.00. The molecule has 0 unspecified atom stereocenters. The summed E-state index contributed by atoms with van der Waals surface area (Å²) in [6.45, 7) is 4.17. The molecule has 1 aromatic carbocycles. The smallest absolute Gasteiger partial charge is 0.331 e. The second kappa shape index (κ2) is 4.76. The van der Waals surface area contributed by atoms with E-state index in [1.54, 1.807) is 19.9 Å². The van der Waals surface area contributed by atoms with Crippen molar-refractivity contribution in [2.45, 2.75) is 19.4 Å². The Morgan fingerprint density at radius 3 is 2.71 bits per heavy atom. The highest BCUT2D eigenvalue weighted by molar-refractivity contribution is 5.77. The number of hydrogen-bond acceptors (Lipinski definition) is 5. The Morgan fingerprint density at radius 1 is 1.29 bits per heavy atom. The fourth-order valence-corrected chi connectivity index (χ4v) is 2.14. The van der Waals surface area contributed by atoms with Gasteiger partial charge in [-0.05, 0) is 32.0 Å². The summed E-state index contributed by atoms with van der Waals surface area (Å²) >= 11 is 0. The van der Waals surface area contributed by atoms with Crippen LogP contribution in [0, 0.1) is 0 Å². The zero-order valence-electron chi connectivity index (χ0n) is 11.7. The molecule has 0 spiro atoms. The molecular weight excluding hydrogens is 274 g/mol. The molecule has 3 rings (SSSR count). The Kier molecular flexibility index (Phi) is 3.04. The molecule has 2 heterocycles. The lowest BCUT2D eigenvalue weighted by Crippen LogP contribution is -2.37. The van der Waals surface area contributed by atoms with Gasteiger partial charge in [0.2, 0.25) is 0 Å². The topological polar surface area (TPSA) is 86.5 Å². The van der Waals surface area contributed by atoms with E-state index >= 15 is 0 Å². The van der Waals surface area contributed by atoms with Crippen molar-refractivity contribution in [2.75, 3.05) is 13.2 Å². The van der Waals surface area contributed by atoms with Crippen LogP contribution in [0.5, 0.6) is 11.5 Å². The summed E-state index contributed by atoms with van der Waals surface area (Å²) in [4.78, 5) is 11.4. The SMILES string of the molecule is CC(C)(C(=O)O)n1nncc1-c1ccc2c(c1)OCCO2. The van der Waals surface area contributed by atoms with Crippen molar-refractivity contribution in [3.63, 3.8) is 0 Å². The first-order valence-electron chi connectivity index (χ1n) is 6.55. The Morgan fingerprint density at radius 2 is 2.00 bits per heavy atom. The van der Waals surface area contributed by atoms with Gasteiger partial charge in [-0.2, -0.15) is 0 Å². The van der Waals surface area contributed by atoms with Crippen LogP contribution >= 0.6 is 0 Å². The first-order valence-corrected chi connectivity index (χ1v) is 6.55. The maximum atomic E-state index is 11.4. The lowest BCUT2D eigenvalue weighted by molar-refractivity contribution is -0.146. The predicted octanol–water partition coefficient (Wildman–Crippen LogP) is 1.54. The molecule has 0 fully saturated rings. The van der Waals surface area contributed by atoms with E-state index in [0.717, 1.165) is 5.56 Å². The number of rotatable bonds is 3. The zero-order valence-corrected chi connectivity index (χ0v) is 11.7. The average molecular weight is 289 g/mol. The van der Waals surface area contributed by atoms with Gasteiger partial charge in [0.1, 0.15) is 13.2 Å². The molecule has 1 N–H and O–H groups in total. The number of nitrogens with zero attached hydrogens (tertiary/aromatic N) is 3. The van der Waals surface area contributed by atoms with Gasteiger partial charge in [0.15, 0.2) is 17.0 Å². The quantitative estimate of drug-likeness (QED) is 0.922. The van der Waals surface area contributed by atoms with Crippen LogP contribution in [0.3, 0.4) is 0 Å². The third-order valence-corrected chi connectivity index (χ3v) is 3.44. The van der Waals surface area contributed by atoms with Crippen LogP contribution in [0.2, 0.25) is 0 Å². The van der Waals surface area contributed by atoms with Gasteiger partial charge >= 0.3 is 5.97 Å². The minimum absolute atomic E-state index is 0.495. The summed E-state index contributed by atoms with van der Waals surface area (Å²) in [7, 11) is 0. The molecule has 0 bridgehead atoms. The molecule has 0 saturated heterocycles. The monoisotopic (exact) mass is 289 g/mol. The molecule has 2 aromatic rings. The van der Waals surface area contributed by atoms with Crippen LogP contribution in [-0.4, -0.2) is 39.3 Å². The first kappa shape index (κ1) is 13.4. The molecular formula is C14H15N3O4. The van der Waals surface area contributed by atoms with Gasteiger partial charge in [-0.3, -0.25) is 0 Å². The maximum Gasteiger partial charge on any atom is 0.331 e. The molecule has 1 aliphatic heterocycles. The van der Waals surface area contributed by atoms with Crippen LogP contribution in [-0.2, 0) is 10.3 Å². The van der Waals surface area contributed by atoms with Crippen molar-refractivity contribution < 1.29 is 19.4 Å².